The van der Waals surface area contributed by atoms with Crippen molar-refractivity contribution in [3.8, 4) is 0 Å². The van der Waals surface area contributed by atoms with Crippen molar-refractivity contribution in [2.75, 3.05) is 16.0 Å². The highest BCUT2D eigenvalue weighted by Crippen LogP contribution is 2.31. The molecule has 0 aliphatic carbocycles. The molecule has 3 aromatic rings. The van der Waals surface area contributed by atoms with Crippen molar-refractivity contribution in [3.63, 3.8) is 0 Å². The van der Waals surface area contributed by atoms with E-state index in [2.05, 4.69) is 36.7 Å². The van der Waals surface area contributed by atoms with E-state index in [-0.39, 0.29) is 17.1 Å². The van der Waals surface area contributed by atoms with Gasteiger partial charge in [0, 0.05) is 22.1 Å². The van der Waals surface area contributed by atoms with Gasteiger partial charge in [-0.1, -0.05) is 32.4 Å². The van der Waals surface area contributed by atoms with Gasteiger partial charge in [-0.05, 0) is 77.8 Å². The third kappa shape index (κ3) is 5.59. The number of halogens is 1. The molecule has 0 saturated carbocycles. The van der Waals surface area contributed by atoms with Crippen LogP contribution in [-0.4, -0.2) is 11.0 Å². The molecule has 2 aromatic carbocycles. The molecule has 0 fully saturated rings. The summed E-state index contributed by atoms with van der Waals surface area (Å²) in [5.41, 5.74) is 3.29. The Morgan fingerprint density at radius 1 is 0.931 bits per heavy atom. The first-order chi connectivity index (χ1) is 13.7. The Morgan fingerprint density at radius 3 is 2.10 bits per heavy atom. The quantitative estimate of drug-likeness (QED) is 0.427. The fourth-order valence-corrected chi connectivity index (χ4v) is 3.35. The topological polar surface area (TPSA) is 66.3 Å². The Kier molecular flexibility index (Phi) is 6.25. The summed E-state index contributed by atoms with van der Waals surface area (Å²) in [6.07, 6.45) is 1.46. The van der Waals surface area contributed by atoms with Crippen molar-refractivity contribution in [1.82, 2.24) is 0 Å². The van der Waals surface area contributed by atoms with Gasteiger partial charge in [-0.15, -0.1) is 0 Å². The highest BCUT2D eigenvalue weighted by atomic mass is 35.5. The lowest BCUT2D eigenvalue weighted by atomic mass is 9.87. The van der Waals surface area contributed by atoms with E-state index in [9.17, 15) is 4.79 Å². The van der Waals surface area contributed by atoms with Gasteiger partial charge in [-0.3, -0.25) is 4.79 Å². The first kappa shape index (κ1) is 20.9. The van der Waals surface area contributed by atoms with Gasteiger partial charge in [0.05, 0.1) is 6.26 Å². The first-order valence-corrected chi connectivity index (χ1v) is 9.84. The minimum absolute atomic E-state index is 0.0697. The number of anilines is 3. The second-order valence-corrected chi connectivity index (χ2v) is 8.35. The lowest BCUT2D eigenvalue weighted by molar-refractivity contribution is 0.0996. The van der Waals surface area contributed by atoms with Crippen LogP contribution in [0.5, 0.6) is 0 Å². The number of rotatable bonds is 4. The summed E-state index contributed by atoms with van der Waals surface area (Å²) >= 11 is 11.7. The second kappa shape index (κ2) is 8.68. The molecule has 1 heterocycles. The van der Waals surface area contributed by atoms with Crippen molar-refractivity contribution < 1.29 is 9.21 Å². The Hall–Kier alpha value is -2.83. The average molecular weight is 428 g/mol. The zero-order valence-electron chi connectivity index (χ0n) is 16.4. The van der Waals surface area contributed by atoms with E-state index in [0.29, 0.717) is 10.8 Å². The highest BCUT2D eigenvalue weighted by Gasteiger charge is 2.18. The monoisotopic (exact) mass is 427 g/mol. The lowest BCUT2D eigenvalue weighted by Crippen LogP contribution is -2.20. The van der Waals surface area contributed by atoms with Gasteiger partial charge in [0.1, 0.15) is 0 Å². The summed E-state index contributed by atoms with van der Waals surface area (Å²) in [6, 6.07) is 16.3. The molecule has 7 heteroatoms. The van der Waals surface area contributed by atoms with E-state index in [1.807, 2.05) is 30.3 Å². The largest absolute Gasteiger partial charge is 0.459 e. The van der Waals surface area contributed by atoms with Gasteiger partial charge in [0.15, 0.2) is 10.9 Å². The molecule has 0 spiro atoms. The highest BCUT2D eigenvalue weighted by molar-refractivity contribution is 7.80. The standard InChI is InChI=1S/C22H22ClN3O2S/c1-22(2,3)17-13-16(10-11-18(17)23)26-21(29)25-15-8-6-14(7-9-15)24-20(27)19-5-4-12-28-19/h4-13H,1-3H3,(H,24,27)(H2,25,26,29). The number of hydrogen-bond donors (Lipinski definition) is 3. The third-order valence-corrected chi connectivity index (χ3v) is 4.71. The fraction of sp³-hybridized carbons (Fsp3) is 0.182. The molecule has 29 heavy (non-hydrogen) atoms. The van der Waals surface area contributed by atoms with Crippen LogP contribution < -0.4 is 16.0 Å². The van der Waals surface area contributed by atoms with Crippen molar-refractivity contribution in [2.45, 2.75) is 26.2 Å². The van der Waals surface area contributed by atoms with E-state index in [1.165, 1.54) is 6.26 Å². The maximum Gasteiger partial charge on any atom is 0.291 e. The Bertz CT molecular complexity index is 1010. The van der Waals surface area contributed by atoms with E-state index in [4.69, 9.17) is 28.2 Å². The van der Waals surface area contributed by atoms with Crippen molar-refractivity contribution in [2.24, 2.45) is 0 Å². The number of nitrogens with one attached hydrogen (secondary N) is 3. The number of thiocarbonyl (C=S) groups is 1. The van der Waals surface area contributed by atoms with Crippen molar-refractivity contribution in [1.29, 1.82) is 0 Å². The van der Waals surface area contributed by atoms with Gasteiger partial charge in [-0.25, -0.2) is 0 Å². The Balaban J connectivity index is 1.60. The Morgan fingerprint density at radius 2 is 1.52 bits per heavy atom. The normalized spacial score (nSPS) is 11.0. The smallest absolute Gasteiger partial charge is 0.291 e. The zero-order chi connectivity index (χ0) is 21.0. The summed E-state index contributed by atoms with van der Waals surface area (Å²) < 4.78 is 5.08. The number of furan rings is 1. The molecule has 0 radical (unpaired) electrons. The van der Waals surface area contributed by atoms with Crippen molar-refractivity contribution in [3.05, 3.63) is 77.2 Å². The van der Waals surface area contributed by atoms with E-state index < -0.39 is 0 Å². The predicted octanol–water partition coefficient (Wildman–Crippen LogP) is 6.29. The molecule has 5 nitrogen and oxygen atoms in total. The number of carbonyl (C=O) groups is 1. The minimum atomic E-state index is -0.301. The number of carbonyl (C=O) groups excluding carboxylic acids is 1. The zero-order valence-corrected chi connectivity index (χ0v) is 17.9. The molecule has 3 N–H and O–H groups in total. The van der Waals surface area contributed by atoms with Crippen LogP contribution in [-0.2, 0) is 5.41 Å². The van der Waals surface area contributed by atoms with Gasteiger partial charge in [0.25, 0.3) is 5.91 Å². The number of hydrogen-bond acceptors (Lipinski definition) is 3. The SMILES string of the molecule is CC(C)(C)c1cc(NC(=S)Nc2ccc(NC(=O)c3ccco3)cc2)ccc1Cl. The molecule has 0 aliphatic heterocycles. The van der Waals surface area contributed by atoms with Crippen LogP contribution >= 0.6 is 23.8 Å². The maximum atomic E-state index is 12.0. The molecular weight excluding hydrogens is 406 g/mol. The molecule has 0 aliphatic rings. The predicted molar refractivity (Wildman–Crippen MR) is 123 cm³/mol. The number of amides is 1. The summed E-state index contributed by atoms with van der Waals surface area (Å²) in [6.45, 7) is 6.34. The summed E-state index contributed by atoms with van der Waals surface area (Å²) in [5, 5.41) is 10.3. The van der Waals surface area contributed by atoms with Crippen LogP contribution in [0.2, 0.25) is 5.02 Å². The van der Waals surface area contributed by atoms with Crippen LogP contribution in [0.3, 0.4) is 0 Å². The molecule has 0 saturated heterocycles. The molecule has 3 rings (SSSR count). The summed E-state index contributed by atoms with van der Waals surface area (Å²) in [4.78, 5) is 12.0. The average Bonchev–Trinajstić information content (AvgIpc) is 3.19. The third-order valence-electron chi connectivity index (χ3n) is 4.18. The molecular formula is C22H22ClN3O2S. The molecule has 0 unspecified atom stereocenters. The van der Waals surface area contributed by atoms with Gasteiger partial charge < -0.3 is 20.4 Å². The van der Waals surface area contributed by atoms with Gasteiger partial charge >= 0.3 is 0 Å². The molecule has 150 valence electrons. The van der Waals surface area contributed by atoms with Crippen LogP contribution in [0, 0.1) is 0 Å². The minimum Gasteiger partial charge on any atom is -0.459 e. The molecule has 1 amide bonds. The van der Waals surface area contributed by atoms with Crippen LogP contribution in [0.25, 0.3) is 0 Å². The van der Waals surface area contributed by atoms with Crippen LogP contribution in [0.1, 0.15) is 36.9 Å². The Labute approximate surface area is 180 Å². The van der Waals surface area contributed by atoms with E-state index in [0.717, 1.165) is 22.0 Å². The molecule has 0 atom stereocenters. The van der Waals surface area contributed by atoms with Crippen LogP contribution in [0.15, 0.2) is 65.3 Å². The van der Waals surface area contributed by atoms with Gasteiger partial charge in [-0.2, -0.15) is 0 Å². The summed E-state index contributed by atoms with van der Waals surface area (Å²) in [5.74, 6) is -0.0412. The van der Waals surface area contributed by atoms with E-state index >= 15 is 0 Å². The summed E-state index contributed by atoms with van der Waals surface area (Å²) in [7, 11) is 0. The molecule has 0 bridgehead atoms. The number of benzene rings is 2. The first-order valence-electron chi connectivity index (χ1n) is 9.05. The maximum absolute atomic E-state index is 12.0. The molecule has 1 aromatic heterocycles. The van der Waals surface area contributed by atoms with Crippen LogP contribution in [0.4, 0.5) is 17.1 Å². The lowest BCUT2D eigenvalue weighted by Gasteiger charge is -2.22. The fourth-order valence-electron chi connectivity index (χ4n) is 2.71. The van der Waals surface area contributed by atoms with E-state index in [1.54, 1.807) is 24.3 Å². The van der Waals surface area contributed by atoms with Gasteiger partial charge in [0.2, 0.25) is 0 Å². The second-order valence-electron chi connectivity index (χ2n) is 7.53. The van der Waals surface area contributed by atoms with Crippen molar-refractivity contribution >= 4 is 51.9 Å².